The van der Waals surface area contributed by atoms with Gasteiger partial charge in [0.05, 0.1) is 11.0 Å². The van der Waals surface area contributed by atoms with Crippen LogP contribution in [0.5, 0.6) is 5.75 Å². The molecule has 1 amide bonds. The van der Waals surface area contributed by atoms with Crippen molar-refractivity contribution in [3.63, 3.8) is 0 Å². The predicted octanol–water partition coefficient (Wildman–Crippen LogP) is 4.55. The number of hydrogen-bond acceptors (Lipinski definition) is 5. The molecule has 0 aromatic heterocycles. The Morgan fingerprint density at radius 1 is 1.33 bits per heavy atom. The first-order valence-corrected chi connectivity index (χ1v) is 8.91. The lowest BCUT2D eigenvalue weighted by Gasteiger charge is -2.14. The Kier molecular flexibility index (Phi) is 7.09. The van der Waals surface area contributed by atoms with E-state index in [2.05, 4.69) is 10.6 Å². The zero-order chi connectivity index (χ0) is 20.0. The maximum atomic E-state index is 12.4. The summed E-state index contributed by atoms with van der Waals surface area (Å²) < 4.78 is 5.70. The second-order valence-corrected chi connectivity index (χ2v) is 6.51. The van der Waals surface area contributed by atoms with E-state index in [0.717, 1.165) is 6.42 Å². The lowest BCUT2D eigenvalue weighted by molar-refractivity contribution is -0.384. The third kappa shape index (κ3) is 5.90. The van der Waals surface area contributed by atoms with Gasteiger partial charge in [0.25, 0.3) is 11.6 Å². The summed E-state index contributed by atoms with van der Waals surface area (Å²) in [6.45, 7) is 3.95. The summed E-state index contributed by atoms with van der Waals surface area (Å²) in [5.41, 5.74) is 0.456. The van der Waals surface area contributed by atoms with Gasteiger partial charge in [-0.2, -0.15) is 0 Å². The minimum absolute atomic E-state index is 0.00451. The van der Waals surface area contributed by atoms with E-state index in [1.165, 1.54) is 18.2 Å². The minimum Gasteiger partial charge on any atom is -0.491 e. The van der Waals surface area contributed by atoms with Gasteiger partial charge in [-0.15, -0.1) is 0 Å². The van der Waals surface area contributed by atoms with Gasteiger partial charge in [0.2, 0.25) is 0 Å². The van der Waals surface area contributed by atoms with Crippen molar-refractivity contribution in [2.24, 2.45) is 0 Å². The number of rotatable bonds is 6. The minimum atomic E-state index is -0.599. The van der Waals surface area contributed by atoms with Gasteiger partial charge in [0.15, 0.2) is 5.11 Å². The normalized spacial score (nSPS) is 11.4. The first-order valence-electron chi connectivity index (χ1n) is 8.13. The molecular formula is C18H18ClN3O4S. The molecule has 0 aliphatic rings. The first-order chi connectivity index (χ1) is 12.8. The number of nitrogens with zero attached hydrogens (tertiary/aromatic N) is 1. The molecule has 2 aromatic carbocycles. The van der Waals surface area contributed by atoms with Crippen LogP contribution in [0.4, 0.5) is 11.4 Å². The molecule has 142 valence electrons. The van der Waals surface area contributed by atoms with E-state index in [-0.39, 0.29) is 21.9 Å². The highest BCUT2D eigenvalue weighted by molar-refractivity contribution is 7.80. The summed E-state index contributed by atoms with van der Waals surface area (Å²) >= 11 is 10.9. The fourth-order valence-electron chi connectivity index (χ4n) is 2.09. The molecule has 0 radical (unpaired) electrons. The Morgan fingerprint density at radius 3 is 2.74 bits per heavy atom. The molecule has 7 nitrogen and oxygen atoms in total. The molecular weight excluding hydrogens is 390 g/mol. The third-order valence-electron chi connectivity index (χ3n) is 3.64. The highest BCUT2D eigenvalue weighted by Crippen LogP contribution is 2.27. The van der Waals surface area contributed by atoms with Crippen LogP contribution < -0.4 is 15.4 Å². The SMILES string of the molecule is CCC(C)Oc1cccc(C(=O)NC(=S)Nc2ccc(Cl)c([N+](=O)[O-])c2)c1. The van der Waals surface area contributed by atoms with Crippen molar-refractivity contribution in [2.45, 2.75) is 26.4 Å². The highest BCUT2D eigenvalue weighted by atomic mass is 35.5. The first kappa shape index (κ1) is 20.6. The number of carbonyl (C=O) groups is 1. The fraction of sp³-hybridized carbons (Fsp3) is 0.222. The summed E-state index contributed by atoms with van der Waals surface area (Å²) in [5.74, 6) is 0.162. The standard InChI is InChI=1S/C18H18ClN3O4S/c1-3-11(2)26-14-6-4-5-12(9-14)17(23)21-18(27)20-13-7-8-15(19)16(10-13)22(24)25/h4-11H,3H2,1-2H3,(H2,20,21,23,27). The Labute approximate surface area is 166 Å². The largest absolute Gasteiger partial charge is 0.491 e. The topological polar surface area (TPSA) is 93.5 Å². The van der Waals surface area contributed by atoms with Gasteiger partial charge in [-0.05, 0) is 55.9 Å². The lowest BCUT2D eigenvalue weighted by atomic mass is 10.2. The van der Waals surface area contributed by atoms with Crippen molar-refractivity contribution < 1.29 is 14.5 Å². The number of amides is 1. The molecule has 0 saturated carbocycles. The number of nitrogens with one attached hydrogen (secondary N) is 2. The second kappa shape index (κ2) is 9.29. The van der Waals surface area contributed by atoms with Gasteiger partial charge >= 0.3 is 0 Å². The molecule has 1 atom stereocenters. The van der Waals surface area contributed by atoms with Crippen LogP contribution in [0.15, 0.2) is 42.5 Å². The molecule has 9 heteroatoms. The van der Waals surface area contributed by atoms with E-state index >= 15 is 0 Å². The summed E-state index contributed by atoms with van der Waals surface area (Å²) in [4.78, 5) is 22.7. The fourth-order valence-corrected chi connectivity index (χ4v) is 2.49. The van der Waals surface area contributed by atoms with Crippen LogP contribution >= 0.6 is 23.8 Å². The van der Waals surface area contributed by atoms with E-state index in [9.17, 15) is 14.9 Å². The Morgan fingerprint density at radius 2 is 2.07 bits per heavy atom. The molecule has 0 fully saturated rings. The number of ether oxygens (including phenoxy) is 1. The van der Waals surface area contributed by atoms with E-state index < -0.39 is 10.8 Å². The Balaban J connectivity index is 2.04. The van der Waals surface area contributed by atoms with Crippen molar-refractivity contribution in [3.8, 4) is 5.75 Å². The van der Waals surface area contributed by atoms with Crippen LogP contribution in [-0.2, 0) is 0 Å². The van der Waals surface area contributed by atoms with E-state index in [1.807, 2.05) is 13.8 Å². The summed E-state index contributed by atoms with van der Waals surface area (Å²) in [6, 6.07) is 10.9. The van der Waals surface area contributed by atoms with Crippen LogP contribution in [0.25, 0.3) is 0 Å². The van der Waals surface area contributed by atoms with Crippen molar-refractivity contribution in [1.82, 2.24) is 5.32 Å². The number of nitro groups is 1. The highest BCUT2D eigenvalue weighted by Gasteiger charge is 2.14. The number of halogens is 1. The van der Waals surface area contributed by atoms with Crippen LogP contribution in [-0.4, -0.2) is 22.0 Å². The van der Waals surface area contributed by atoms with Crippen molar-refractivity contribution in [3.05, 3.63) is 63.2 Å². The summed E-state index contributed by atoms with van der Waals surface area (Å²) in [5, 5.41) is 16.2. The summed E-state index contributed by atoms with van der Waals surface area (Å²) in [6.07, 6.45) is 0.879. The van der Waals surface area contributed by atoms with Crippen LogP contribution in [0.2, 0.25) is 5.02 Å². The van der Waals surface area contributed by atoms with Gasteiger partial charge < -0.3 is 10.1 Å². The van der Waals surface area contributed by atoms with Gasteiger partial charge in [0, 0.05) is 17.3 Å². The smallest absolute Gasteiger partial charge is 0.289 e. The number of benzene rings is 2. The van der Waals surface area contributed by atoms with Crippen molar-refractivity contribution in [1.29, 1.82) is 0 Å². The number of anilines is 1. The molecule has 0 bridgehead atoms. The zero-order valence-corrected chi connectivity index (χ0v) is 16.3. The summed E-state index contributed by atoms with van der Waals surface area (Å²) in [7, 11) is 0. The van der Waals surface area contributed by atoms with E-state index in [1.54, 1.807) is 24.3 Å². The molecule has 0 aliphatic carbocycles. The van der Waals surface area contributed by atoms with E-state index in [0.29, 0.717) is 17.0 Å². The van der Waals surface area contributed by atoms with Gasteiger partial charge in [-0.1, -0.05) is 24.6 Å². The van der Waals surface area contributed by atoms with Crippen molar-refractivity contribution in [2.75, 3.05) is 5.32 Å². The molecule has 0 saturated heterocycles. The average Bonchev–Trinajstić information content (AvgIpc) is 2.63. The number of nitro benzene ring substituents is 1. The second-order valence-electron chi connectivity index (χ2n) is 5.70. The number of hydrogen-bond donors (Lipinski definition) is 2. The molecule has 2 N–H and O–H groups in total. The number of thiocarbonyl (C=S) groups is 1. The molecule has 2 rings (SSSR count). The zero-order valence-electron chi connectivity index (χ0n) is 14.7. The van der Waals surface area contributed by atoms with Gasteiger partial charge in [0.1, 0.15) is 10.8 Å². The van der Waals surface area contributed by atoms with Crippen LogP contribution in [0.3, 0.4) is 0 Å². The average molecular weight is 408 g/mol. The van der Waals surface area contributed by atoms with Crippen LogP contribution in [0, 0.1) is 10.1 Å². The van der Waals surface area contributed by atoms with Crippen LogP contribution in [0.1, 0.15) is 30.6 Å². The molecule has 0 heterocycles. The maximum Gasteiger partial charge on any atom is 0.289 e. The molecule has 2 aromatic rings. The Bertz CT molecular complexity index is 875. The Hall–Kier alpha value is -2.71. The third-order valence-corrected chi connectivity index (χ3v) is 4.16. The quantitative estimate of drug-likeness (QED) is 0.414. The molecule has 27 heavy (non-hydrogen) atoms. The van der Waals surface area contributed by atoms with Gasteiger partial charge in [-0.3, -0.25) is 20.2 Å². The monoisotopic (exact) mass is 407 g/mol. The number of carbonyl (C=O) groups excluding carboxylic acids is 1. The predicted molar refractivity (Wildman–Crippen MR) is 109 cm³/mol. The molecule has 0 aliphatic heterocycles. The lowest BCUT2D eigenvalue weighted by Crippen LogP contribution is -2.34. The maximum absolute atomic E-state index is 12.4. The van der Waals surface area contributed by atoms with Crippen molar-refractivity contribution >= 4 is 46.2 Å². The van der Waals surface area contributed by atoms with Gasteiger partial charge in [-0.25, -0.2) is 0 Å². The van der Waals surface area contributed by atoms with E-state index in [4.69, 9.17) is 28.6 Å². The molecule has 0 spiro atoms. The molecule has 1 unspecified atom stereocenters.